The fraction of sp³-hybridized carbons (Fsp3) is 0.571. The fourth-order valence-electron chi connectivity index (χ4n) is 2.11. The van der Waals surface area contributed by atoms with E-state index in [1.165, 1.54) is 26.4 Å². The number of aliphatic hydroxyl groups is 2. The Labute approximate surface area is 136 Å². The number of nitrogens with zero attached hydrogens (tertiary/aromatic N) is 1. The zero-order chi connectivity index (χ0) is 17.5. The van der Waals surface area contributed by atoms with Crippen LogP contribution in [0.1, 0.15) is 0 Å². The Bertz CT molecular complexity index is 600. The number of hydrogen-bond acceptors (Lipinski definition) is 8. The summed E-state index contributed by atoms with van der Waals surface area (Å²) in [6.45, 7) is 0.536. The predicted molar refractivity (Wildman–Crippen MR) is 86.6 cm³/mol. The van der Waals surface area contributed by atoms with Gasteiger partial charge < -0.3 is 25.4 Å². The summed E-state index contributed by atoms with van der Waals surface area (Å²) in [5.41, 5.74) is 6.04. The molecule has 0 amide bonds. The highest BCUT2D eigenvalue weighted by molar-refractivity contribution is 7.91. The number of benzene rings is 1. The minimum absolute atomic E-state index is 0.000929. The van der Waals surface area contributed by atoms with Gasteiger partial charge in [0, 0.05) is 31.8 Å². The van der Waals surface area contributed by atoms with Crippen molar-refractivity contribution in [1.82, 2.24) is 4.90 Å². The molecule has 0 saturated heterocycles. The number of anilines is 1. The highest BCUT2D eigenvalue weighted by Crippen LogP contribution is 2.34. The molecule has 0 aliphatic heterocycles. The maximum absolute atomic E-state index is 12.6. The van der Waals surface area contributed by atoms with Gasteiger partial charge in [-0.3, -0.25) is 4.90 Å². The Morgan fingerprint density at radius 2 is 1.61 bits per heavy atom. The summed E-state index contributed by atoms with van der Waals surface area (Å²) in [6, 6.07) is 2.75. The Morgan fingerprint density at radius 3 is 2.09 bits per heavy atom. The highest BCUT2D eigenvalue weighted by Gasteiger charge is 2.23. The SMILES string of the molecule is COc1cc(S(=O)(=O)CCN(CCO)CCO)c(OC)cc1N. The molecule has 0 fully saturated rings. The Kier molecular flexibility index (Phi) is 7.56. The van der Waals surface area contributed by atoms with Crippen molar-refractivity contribution in [2.24, 2.45) is 0 Å². The molecule has 9 heteroatoms. The van der Waals surface area contributed by atoms with E-state index in [2.05, 4.69) is 0 Å². The van der Waals surface area contributed by atoms with E-state index in [4.69, 9.17) is 25.4 Å². The topological polar surface area (TPSA) is 122 Å². The summed E-state index contributed by atoms with van der Waals surface area (Å²) in [5.74, 6) is 0.224. The van der Waals surface area contributed by atoms with Crippen molar-refractivity contribution in [3.63, 3.8) is 0 Å². The number of aliphatic hydroxyl groups excluding tert-OH is 2. The van der Waals surface area contributed by atoms with Gasteiger partial charge in [-0.15, -0.1) is 0 Å². The first-order chi connectivity index (χ1) is 10.9. The van der Waals surface area contributed by atoms with Gasteiger partial charge in [-0.2, -0.15) is 0 Å². The number of hydrogen-bond donors (Lipinski definition) is 3. The Morgan fingerprint density at radius 1 is 1.04 bits per heavy atom. The molecule has 132 valence electrons. The van der Waals surface area contributed by atoms with Crippen LogP contribution in [0.5, 0.6) is 11.5 Å². The molecule has 0 unspecified atom stereocenters. The highest BCUT2D eigenvalue weighted by atomic mass is 32.2. The van der Waals surface area contributed by atoms with Crippen molar-refractivity contribution in [2.75, 3.05) is 58.6 Å². The zero-order valence-electron chi connectivity index (χ0n) is 13.4. The normalized spacial score (nSPS) is 11.7. The van der Waals surface area contributed by atoms with Crippen LogP contribution in [0.25, 0.3) is 0 Å². The van der Waals surface area contributed by atoms with Gasteiger partial charge in [0.25, 0.3) is 0 Å². The lowest BCUT2D eigenvalue weighted by atomic mass is 10.3. The third-order valence-electron chi connectivity index (χ3n) is 3.36. The third-order valence-corrected chi connectivity index (χ3v) is 5.07. The molecule has 23 heavy (non-hydrogen) atoms. The summed E-state index contributed by atoms with van der Waals surface area (Å²) in [4.78, 5) is 1.66. The molecule has 0 saturated carbocycles. The molecule has 1 aromatic rings. The number of nitrogen functional groups attached to an aromatic ring is 1. The summed E-state index contributed by atoms with van der Waals surface area (Å²) in [6.07, 6.45) is 0. The van der Waals surface area contributed by atoms with E-state index in [1.807, 2.05) is 0 Å². The molecule has 0 aliphatic carbocycles. The maximum atomic E-state index is 12.6. The van der Waals surface area contributed by atoms with Gasteiger partial charge >= 0.3 is 0 Å². The number of ether oxygens (including phenoxy) is 2. The van der Waals surface area contributed by atoms with Crippen molar-refractivity contribution >= 4 is 15.5 Å². The number of sulfone groups is 1. The van der Waals surface area contributed by atoms with Gasteiger partial charge in [-0.1, -0.05) is 0 Å². The largest absolute Gasteiger partial charge is 0.495 e. The molecule has 0 radical (unpaired) electrons. The Balaban J connectivity index is 3.03. The van der Waals surface area contributed by atoms with Crippen molar-refractivity contribution in [2.45, 2.75) is 4.90 Å². The van der Waals surface area contributed by atoms with Crippen molar-refractivity contribution in [3.8, 4) is 11.5 Å². The summed E-state index contributed by atoms with van der Waals surface area (Å²) in [7, 11) is -0.883. The molecule has 1 aromatic carbocycles. The summed E-state index contributed by atoms with van der Waals surface area (Å²) < 4.78 is 35.3. The van der Waals surface area contributed by atoms with Crippen LogP contribution in [0, 0.1) is 0 Å². The molecule has 8 nitrogen and oxygen atoms in total. The molecule has 0 bridgehead atoms. The third kappa shape index (κ3) is 5.24. The maximum Gasteiger partial charge on any atom is 0.183 e. The molecule has 0 aliphatic rings. The van der Waals surface area contributed by atoms with E-state index in [-0.39, 0.29) is 60.7 Å². The average molecular weight is 348 g/mol. The van der Waals surface area contributed by atoms with Crippen LogP contribution >= 0.6 is 0 Å². The van der Waals surface area contributed by atoms with E-state index < -0.39 is 9.84 Å². The van der Waals surface area contributed by atoms with Gasteiger partial charge in [-0.25, -0.2) is 8.42 Å². The van der Waals surface area contributed by atoms with E-state index in [9.17, 15) is 8.42 Å². The first-order valence-electron chi connectivity index (χ1n) is 7.08. The predicted octanol–water partition coefficient (Wildman–Crippen LogP) is -0.654. The lowest BCUT2D eigenvalue weighted by Crippen LogP contribution is -2.34. The Hall–Kier alpha value is -1.55. The van der Waals surface area contributed by atoms with Gasteiger partial charge in [0.2, 0.25) is 0 Å². The average Bonchev–Trinajstić information content (AvgIpc) is 2.52. The molecule has 0 aromatic heterocycles. The van der Waals surface area contributed by atoms with E-state index >= 15 is 0 Å². The molecule has 0 spiro atoms. The second kappa shape index (κ2) is 8.92. The van der Waals surface area contributed by atoms with E-state index in [0.717, 1.165) is 0 Å². The molecule has 0 atom stereocenters. The van der Waals surface area contributed by atoms with Crippen LogP contribution in [0.15, 0.2) is 17.0 Å². The second-order valence-corrected chi connectivity index (χ2v) is 6.93. The second-order valence-electron chi connectivity index (χ2n) is 4.85. The van der Waals surface area contributed by atoms with Gasteiger partial charge in [0.1, 0.15) is 16.4 Å². The van der Waals surface area contributed by atoms with Crippen LogP contribution in [-0.2, 0) is 9.84 Å². The lowest BCUT2D eigenvalue weighted by molar-refractivity contribution is 0.167. The lowest BCUT2D eigenvalue weighted by Gasteiger charge is -2.20. The van der Waals surface area contributed by atoms with E-state index in [0.29, 0.717) is 0 Å². The summed E-state index contributed by atoms with van der Waals surface area (Å²) >= 11 is 0. The molecule has 4 N–H and O–H groups in total. The first-order valence-corrected chi connectivity index (χ1v) is 8.73. The van der Waals surface area contributed by atoms with Crippen LogP contribution in [0.3, 0.4) is 0 Å². The van der Waals surface area contributed by atoms with Crippen LogP contribution < -0.4 is 15.2 Å². The smallest absolute Gasteiger partial charge is 0.183 e. The molecular weight excluding hydrogens is 324 g/mol. The zero-order valence-corrected chi connectivity index (χ0v) is 14.2. The fourth-order valence-corrected chi connectivity index (χ4v) is 3.57. The van der Waals surface area contributed by atoms with Gasteiger partial charge in [0.15, 0.2) is 9.84 Å². The number of rotatable bonds is 10. The van der Waals surface area contributed by atoms with Crippen molar-refractivity contribution in [1.29, 1.82) is 0 Å². The van der Waals surface area contributed by atoms with Gasteiger partial charge in [-0.05, 0) is 0 Å². The first kappa shape index (κ1) is 19.5. The molecular formula is C14H24N2O6S. The monoisotopic (exact) mass is 348 g/mol. The molecule has 0 heterocycles. The van der Waals surface area contributed by atoms with Crippen LogP contribution in [-0.4, -0.2) is 76.4 Å². The van der Waals surface area contributed by atoms with Crippen LogP contribution in [0.2, 0.25) is 0 Å². The standard InChI is InChI=1S/C14H24N2O6S/c1-21-12-10-14(13(22-2)9-11(12)15)23(19,20)8-5-16(3-6-17)4-7-18/h9-10,17-18H,3-8,15H2,1-2H3. The molecule has 1 rings (SSSR count). The van der Waals surface area contributed by atoms with Crippen molar-refractivity contribution in [3.05, 3.63) is 12.1 Å². The minimum atomic E-state index is -3.65. The summed E-state index contributed by atoms with van der Waals surface area (Å²) in [5, 5.41) is 17.9. The quantitative estimate of drug-likeness (QED) is 0.477. The van der Waals surface area contributed by atoms with E-state index in [1.54, 1.807) is 4.90 Å². The minimum Gasteiger partial charge on any atom is -0.495 e. The number of methoxy groups -OCH3 is 2. The number of nitrogens with two attached hydrogens (primary N) is 1. The van der Waals surface area contributed by atoms with Crippen LogP contribution in [0.4, 0.5) is 5.69 Å². The van der Waals surface area contributed by atoms with Gasteiger partial charge in [0.05, 0.1) is 38.9 Å². The van der Waals surface area contributed by atoms with Crippen molar-refractivity contribution < 1.29 is 28.1 Å².